The third kappa shape index (κ3) is 4.54. The van der Waals surface area contributed by atoms with Crippen molar-refractivity contribution in [3.63, 3.8) is 0 Å². The van der Waals surface area contributed by atoms with E-state index in [-0.39, 0.29) is 0 Å². The van der Waals surface area contributed by atoms with Crippen LogP contribution in [0.25, 0.3) is 11.3 Å². The van der Waals surface area contributed by atoms with E-state index in [0.29, 0.717) is 6.61 Å². The molecule has 0 saturated heterocycles. The van der Waals surface area contributed by atoms with Gasteiger partial charge in [-0.2, -0.15) is 0 Å². The van der Waals surface area contributed by atoms with E-state index in [1.165, 1.54) is 24.0 Å². The van der Waals surface area contributed by atoms with Crippen LogP contribution in [0.4, 0.5) is 0 Å². The molecule has 0 fully saturated rings. The lowest BCUT2D eigenvalue weighted by atomic mass is 10.1. The summed E-state index contributed by atoms with van der Waals surface area (Å²) in [4.78, 5) is 0. The number of benzene rings is 2. The van der Waals surface area contributed by atoms with Crippen LogP contribution in [0.2, 0.25) is 0 Å². The molecule has 2 aromatic carbocycles. The first-order chi connectivity index (χ1) is 12.2. The van der Waals surface area contributed by atoms with E-state index in [1.807, 2.05) is 13.0 Å². The molecule has 0 spiro atoms. The summed E-state index contributed by atoms with van der Waals surface area (Å²) < 4.78 is 11.9. The van der Waals surface area contributed by atoms with Gasteiger partial charge >= 0.3 is 0 Å². The topological polar surface area (TPSA) is 22.4 Å². The van der Waals surface area contributed by atoms with Gasteiger partial charge in [0, 0.05) is 11.1 Å². The van der Waals surface area contributed by atoms with Crippen LogP contribution < -0.4 is 4.74 Å². The molecule has 0 bridgehead atoms. The van der Waals surface area contributed by atoms with Gasteiger partial charge in [0.25, 0.3) is 0 Å². The van der Waals surface area contributed by atoms with Crippen LogP contribution in [0, 0.1) is 13.8 Å². The van der Waals surface area contributed by atoms with Gasteiger partial charge in [-0.3, -0.25) is 0 Å². The molecule has 2 nitrogen and oxygen atoms in total. The molecule has 0 aliphatic heterocycles. The zero-order valence-corrected chi connectivity index (χ0v) is 15.3. The van der Waals surface area contributed by atoms with Crippen LogP contribution in [0.1, 0.15) is 42.2 Å². The summed E-state index contributed by atoms with van der Waals surface area (Å²) in [6, 6.07) is 18.9. The lowest BCUT2D eigenvalue weighted by molar-refractivity contribution is 0.303. The highest BCUT2D eigenvalue weighted by atomic mass is 16.5. The zero-order chi connectivity index (χ0) is 17.6. The second-order valence-electron chi connectivity index (χ2n) is 6.60. The summed E-state index contributed by atoms with van der Waals surface area (Å²) in [5, 5.41) is 0. The number of aryl methyl sites for hydroxylation is 3. The van der Waals surface area contributed by atoms with Gasteiger partial charge in [0.2, 0.25) is 0 Å². The first kappa shape index (κ1) is 17.3. The number of ether oxygens (including phenoxy) is 1. The summed E-state index contributed by atoms with van der Waals surface area (Å²) in [7, 11) is 0. The Bertz CT molecular complexity index is 812. The molecular formula is C23H26O2. The Morgan fingerprint density at radius 3 is 2.52 bits per heavy atom. The van der Waals surface area contributed by atoms with Gasteiger partial charge in [0.15, 0.2) is 0 Å². The van der Waals surface area contributed by atoms with Crippen molar-refractivity contribution in [3.8, 4) is 17.1 Å². The van der Waals surface area contributed by atoms with Crippen LogP contribution in [-0.2, 0) is 13.0 Å². The van der Waals surface area contributed by atoms with Crippen LogP contribution in [-0.4, -0.2) is 0 Å². The lowest BCUT2D eigenvalue weighted by Gasteiger charge is -2.07. The van der Waals surface area contributed by atoms with Crippen molar-refractivity contribution < 1.29 is 9.15 Å². The van der Waals surface area contributed by atoms with Crippen molar-refractivity contribution in [2.24, 2.45) is 0 Å². The van der Waals surface area contributed by atoms with Gasteiger partial charge in [-0.05, 0) is 50.5 Å². The van der Waals surface area contributed by atoms with Crippen LogP contribution in [0.5, 0.6) is 5.75 Å². The van der Waals surface area contributed by atoms with E-state index < -0.39 is 0 Å². The van der Waals surface area contributed by atoms with E-state index in [2.05, 4.69) is 62.4 Å². The summed E-state index contributed by atoms with van der Waals surface area (Å²) in [5.74, 6) is 2.73. The smallest absolute Gasteiger partial charge is 0.134 e. The van der Waals surface area contributed by atoms with Crippen molar-refractivity contribution in [2.75, 3.05) is 0 Å². The molecule has 3 rings (SSSR count). The Morgan fingerprint density at radius 1 is 0.960 bits per heavy atom. The second kappa shape index (κ2) is 8.06. The first-order valence-electron chi connectivity index (χ1n) is 9.04. The molecule has 0 amide bonds. The Morgan fingerprint density at radius 2 is 1.76 bits per heavy atom. The summed E-state index contributed by atoms with van der Waals surface area (Å²) in [5.41, 5.74) is 4.78. The molecule has 0 N–H and O–H groups in total. The molecule has 0 aliphatic carbocycles. The highest BCUT2D eigenvalue weighted by Gasteiger charge is 2.10. The third-order valence-corrected chi connectivity index (χ3v) is 4.47. The lowest BCUT2D eigenvalue weighted by Crippen LogP contribution is -1.96. The predicted molar refractivity (Wildman–Crippen MR) is 103 cm³/mol. The van der Waals surface area contributed by atoms with Crippen LogP contribution in [0.3, 0.4) is 0 Å². The van der Waals surface area contributed by atoms with E-state index >= 15 is 0 Å². The molecule has 25 heavy (non-hydrogen) atoms. The highest BCUT2D eigenvalue weighted by Crippen LogP contribution is 2.27. The number of unbranched alkanes of at least 4 members (excludes halogenated alkanes) is 1. The minimum Gasteiger partial charge on any atom is -0.489 e. The first-order valence-corrected chi connectivity index (χ1v) is 9.04. The van der Waals surface area contributed by atoms with Gasteiger partial charge in [0.1, 0.15) is 23.9 Å². The Labute approximate surface area is 150 Å². The maximum Gasteiger partial charge on any atom is 0.134 e. The molecule has 1 aromatic heterocycles. The van der Waals surface area contributed by atoms with Gasteiger partial charge in [0.05, 0.1) is 0 Å². The van der Waals surface area contributed by atoms with Gasteiger partial charge < -0.3 is 9.15 Å². The molecule has 0 saturated carbocycles. The van der Waals surface area contributed by atoms with Crippen molar-refractivity contribution in [2.45, 2.75) is 46.6 Å². The SMILES string of the molecule is CCCCc1cccc(OCc2cc(-c3ccc(C)cc3)oc2C)c1. The van der Waals surface area contributed by atoms with Gasteiger partial charge in [-0.25, -0.2) is 0 Å². The Balaban J connectivity index is 1.68. The average Bonchev–Trinajstić information content (AvgIpc) is 3.00. The van der Waals surface area contributed by atoms with Crippen molar-refractivity contribution in [1.82, 2.24) is 0 Å². The predicted octanol–water partition coefficient (Wildman–Crippen LogP) is 6.49. The maximum absolute atomic E-state index is 6.00. The maximum atomic E-state index is 6.00. The number of hydrogen-bond acceptors (Lipinski definition) is 2. The number of furan rings is 1. The van der Waals surface area contributed by atoms with E-state index in [1.54, 1.807) is 0 Å². The van der Waals surface area contributed by atoms with Gasteiger partial charge in [-0.15, -0.1) is 0 Å². The molecule has 1 heterocycles. The van der Waals surface area contributed by atoms with E-state index in [0.717, 1.165) is 34.8 Å². The summed E-state index contributed by atoms with van der Waals surface area (Å²) >= 11 is 0. The normalized spacial score (nSPS) is 10.8. The molecule has 0 radical (unpaired) electrons. The molecule has 3 aromatic rings. The molecular weight excluding hydrogens is 308 g/mol. The monoisotopic (exact) mass is 334 g/mol. The number of hydrogen-bond donors (Lipinski definition) is 0. The minimum atomic E-state index is 0.526. The molecule has 0 unspecified atom stereocenters. The molecule has 0 aliphatic rings. The number of rotatable bonds is 7. The van der Waals surface area contributed by atoms with Gasteiger partial charge in [-0.1, -0.05) is 55.3 Å². The van der Waals surface area contributed by atoms with Crippen molar-refractivity contribution in [3.05, 3.63) is 77.0 Å². The van der Waals surface area contributed by atoms with Crippen molar-refractivity contribution >= 4 is 0 Å². The highest BCUT2D eigenvalue weighted by molar-refractivity contribution is 5.59. The fourth-order valence-electron chi connectivity index (χ4n) is 2.86. The van der Waals surface area contributed by atoms with Crippen molar-refractivity contribution in [1.29, 1.82) is 0 Å². The van der Waals surface area contributed by atoms with Crippen LogP contribution >= 0.6 is 0 Å². The third-order valence-electron chi connectivity index (χ3n) is 4.47. The summed E-state index contributed by atoms with van der Waals surface area (Å²) in [6.45, 7) is 6.82. The zero-order valence-electron chi connectivity index (χ0n) is 15.3. The average molecular weight is 334 g/mol. The fraction of sp³-hybridized carbons (Fsp3) is 0.304. The largest absolute Gasteiger partial charge is 0.489 e. The van der Waals surface area contributed by atoms with E-state index in [4.69, 9.17) is 9.15 Å². The second-order valence-corrected chi connectivity index (χ2v) is 6.60. The minimum absolute atomic E-state index is 0.526. The Kier molecular flexibility index (Phi) is 5.60. The van der Waals surface area contributed by atoms with Crippen LogP contribution in [0.15, 0.2) is 59.0 Å². The molecule has 2 heteroatoms. The Hall–Kier alpha value is -2.48. The fourth-order valence-corrected chi connectivity index (χ4v) is 2.86. The standard InChI is InChI=1S/C23H26O2/c1-4-5-7-19-8-6-9-22(14-19)24-16-21-15-23(25-18(21)3)20-12-10-17(2)11-13-20/h6,8-15H,4-5,7,16H2,1-3H3. The van der Waals surface area contributed by atoms with E-state index in [9.17, 15) is 0 Å². The quantitative estimate of drug-likeness (QED) is 0.493. The molecule has 130 valence electrons. The molecule has 0 atom stereocenters. The summed E-state index contributed by atoms with van der Waals surface area (Å²) in [6.07, 6.45) is 3.53.